The van der Waals surface area contributed by atoms with Crippen molar-refractivity contribution >= 4 is 44.3 Å². The summed E-state index contributed by atoms with van der Waals surface area (Å²) in [6.45, 7) is 5.91. The molecule has 0 saturated carbocycles. The van der Waals surface area contributed by atoms with Gasteiger partial charge in [-0.05, 0) is 81.6 Å². The van der Waals surface area contributed by atoms with Gasteiger partial charge in [-0.3, -0.25) is 9.58 Å². The second-order valence-electron chi connectivity index (χ2n) is 11.1. The molecule has 2 heterocycles. The lowest BCUT2D eigenvalue weighted by atomic mass is 9.84. The van der Waals surface area contributed by atoms with Gasteiger partial charge in [0.1, 0.15) is 0 Å². The summed E-state index contributed by atoms with van der Waals surface area (Å²) < 4.78 is 7.81. The number of morpholine rings is 1. The predicted octanol–water partition coefficient (Wildman–Crippen LogP) is 5.69. The molecule has 42 heavy (non-hydrogen) atoms. The van der Waals surface area contributed by atoms with E-state index in [4.69, 9.17) is 29.6 Å². The maximum atomic E-state index is 9.10. The fraction of sp³-hybridized carbons (Fsp3) is 0.324. The molecule has 8 heteroatoms. The Morgan fingerprint density at radius 1 is 0.833 bits per heavy atom. The second kappa shape index (κ2) is 12.3. The monoisotopic (exact) mass is 565 g/mol. The van der Waals surface area contributed by atoms with E-state index in [1.54, 1.807) is 0 Å². The van der Waals surface area contributed by atoms with Crippen LogP contribution in [0.2, 0.25) is 0 Å². The number of carboxylic acid groups (broad SMARTS) is 2. The molecule has 1 unspecified atom stereocenters. The van der Waals surface area contributed by atoms with Crippen molar-refractivity contribution in [2.75, 3.05) is 32.8 Å². The fourth-order valence-electron chi connectivity index (χ4n) is 6.53. The average Bonchev–Trinajstić information content (AvgIpc) is 3.44. The van der Waals surface area contributed by atoms with Crippen molar-refractivity contribution < 1.29 is 24.5 Å². The van der Waals surface area contributed by atoms with Gasteiger partial charge in [0, 0.05) is 18.8 Å². The number of carbonyl (C=O) groups is 2. The van der Waals surface area contributed by atoms with E-state index < -0.39 is 11.9 Å². The van der Waals surface area contributed by atoms with Gasteiger partial charge in [-0.1, -0.05) is 66.7 Å². The number of carboxylic acids is 2. The lowest BCUT2D eigenvalue weighted by Crippen LogP contribution is -2.37. The SMILES string of the molecule is O=C(O)C(=O)O.c1ccc2c(c1)ccc1c3cccc(Cn4ncc5c4CCCC5CCN4CCOCC4)c3ccc21. The molecule has 7 rings (SSSR count). The summed E-state index contributed by atoms with van der Waals surface area (Å²) in [4.78, 5) is 20.8. The summed E-state index contributed by atoms with van der Waals surface area (Å²) in [5, 5.41) is 27.7. The van der Waals surface area contributed by atoms with Gasteiger partial charge < -0.3 is 14.9 Å². The Morgan fingerprint density at radius 3 is 2.33 bits per heavy atom. The third-order valence-corrected chi connectivity index (χ3v) is 8.66. The number of aromatic nitrogens is 2. The highest BCUT2D eigenvalue weighted by Gasteiger charge is 2.25. The van der Waals surface area contributed by atoms with Crippen LogP contribution in [0.4, 0.5) is 0 Å². The zero-order chi connectivity index (χ0) is 29.1. The van der Waals surface area contributed by atoms with Crippen LogP contribution < -0.4 is 0 Å². The molecule has 1 aromatic heterocycles. The number of aliphatic carboxylic acids is 2. The highest BCUT2D eigenvalue weighted by Crippen LogP contribution is 2.36. The molecule has 1 fully saturated rings. The Morgan fingerprint density at radius 2 is 1.52 bits per heavy atom. The Labute approximate surface area is 244 Å². The average molecular weight is 566 g/mol. The van der Waals surface area contributed by atoms with E-state index in [1.165, 1.54) is 74.9 Å². The molecule has 0 radical (unpaired) electrons. The molecule has 1 aliphatic heterocycles. The first-order valence-corrected chi connectivity index (χ1v) is 14.6. The van der Waals surface area contributed by atoms with Crippen LogP contribution in [-0.2, 0) is 27.3 Å². The van der Waals surface area contributed by atoms with Crippen molar-refractivity contribution in [1.82, 2.24) is 14.7 Å². The van der Waals surface area contributed by atoms with Crippen molar-refractivity contribution in [2.24, 2.45) is 0 Å². The van der Waals surface area contributed by atoms with Gasteiger partial charge in [0.25, 0.3) is 0 Å². The maximum Gasteiger partial charge on any atom is 0.414 e. The molecular formula is C34H35N3O5. The number of fused-ring (bicyclic) bond motifs is 6. The third kappa shape index (κ3) is 5.73. The molecule has 0 amide bonds. The van der Waals surface area contributed by atoms with Crippen LogP contribution in [0.1, 0.15) is 42.0 Å². The van der Waals surface area contributed by atoms with Crippen LogP contribution in [0.25, 0.3) is 32.3 Å². The molecule has 8 nitrogen and oxygen atoms in total. The van der Waals surface area contributed by atoms with Gasteiger partial charge in [0.2, 0.25) is 0 Å². The summed E-state index contributed by atoms with van der Waals surface area (Å²) in [6, 6.07) is 24.6. The Kier molecular flexibility index (Phi) is 8.17. The molecule has 5 aromatic rings. The molecule has 1 saturated heterocycles. The van der Waals surface area contributed by atoms with Crippen molar-refractivity contribution in [3.63, 3.8) is 0 Å². The van der Waals surface area contributed by atoms with Crippen LogP contribution in [0.3, 0.4) is 0 Å². The summed E-state index contributed by atoms with van der Waals surface area (Å²) in [7, 11) is 0. The zero-order valence-electron chi connectivity index (χ0n) is 23.5. The minimum Gasteiger partial charge on any atom is -0.473 e. The van der Waals surface area contributed by atoms with E-state index in [0.717, 1.165) is 39.3 Å². The number of hydrogen-bond donors (Lipinski definition) is 2. The maximum absolute atomic E-state index is 9.10. The normalized spacial score (nSPS) is 17.1. The van der Waals surface area contributed by atoms with Gasteiger partial charge in [-0.25, -0.2) is 9.59 Å². The lowest BCUT2D eigenvalue weighted by Gasteiger charge is -2.29. The number of rotatable bonds is 5. The van der Waals surface area contributed by atoms with Crippen molar-refractivity contribution in [3.05, 3.63) is 89.7 Å². The zero-order valence-corrected chi connectivity index (χ0v) is 23.5. The standard InChI is InChI=1S/C32H33N3O.C2H2O4/c1-2-8-26-23(5-1)11-12-30-28-9-3-7-25(27(28)13-14-29(26)30)22-35-32-10-4-6-24(31(32)21-33-35)15-16-34-17-19-36-20-18-34;3-1(4)2(5)6/h1-3,5,7-9,11-14,21,24H,4,6,10,15-20,22H2;(H,3,4)(H,5,6). The van der Waals surface area contributed by atoms with Gasteiger partial charge in [-0.15, -0.1) is 0 Å². The van der Waals surface area contributed by atoms with E-state index >= 15 is 0 Å². The van der Waals surface area contributed by atoms with Crippen LogP contribution in [0.5, 0.6) is 0 Å². The number of nitrogens with zero attached hydrogens (tertiary/aromatic N) is 3. The molecule has 1 aliphatic carbocycles. The van der Waals surface area contributed by atoms with Crippen LogP contribution >= 0.6 is 0 Å². The summed E-state index contributed by atoms with van der Waals surface area (Å²) in [5.41, 5.74) is 4.30. The van der Waals surface area contributed by atoms with Gasteiger partial charge in [0.15, 0.2) is 0 Å². The van der Waals surface area contributed by atoms with Crippen LogP contribution in [0, 0.1) is 0 Å². The molecule has 2 N–H and O–H groups in total. The smallest absolute Gasteiger partial charge is 0.414 e. The first-order chi connectivity index (χ1) is 20.5. The lowest BCUT2D eigenvalue weighted by molar-refractivity contribution is -0.159. The van der Waals surface area contributed by atoms with E-state index in [1.807, 2.05) is 0 Å². The second-order valence-corrected chi connectivity index (χ2v) is 11.1. The highest BCUT2D eigenvalue weighted by molar-refractivity contribution is 6.27. The Bertz CT molecular complexity index is 1740. The van der Waals surface area contributed by atoms with Crippen LogP contribution in [0.15, 0.2) is 72.9 Å². The van der Waals surface area contributed by atoms with Crippen molar-refractivity contribution in [3.8, 4) is 0 Å². The van der Waals surface area contributed by atoms with E-state index in [9.17, 15) is 0 Å². The highest BCUT2D eigenvalue weighted by atomic mass is 16.5. The minimum absolute atomic E-state index is 0.634. The predicted molar refractivity (Wildman–Crippen MR) is 163 cm³/mol. The molecule has 216 valence electrons. The summed E-state index contributed by atoms with van der Waals surface area (Å²) in [5.74, 6) is -3.01. The summed E-state index contributed by atoms with van der Waals surface area (Å²) in [6.07, 6.45) is 7.10. The number of hydrogen-bond acceptors (Lipinski definition) is 5. The molecule has 2 aliphatic rings. The largest absolute Gasteiger partial charge is 0.473 e. The molecule has 0 bridgehead atoms. The van der Waals surface area contributed by atoms with Crippen molar-refractivity contribution in [1.29, 1.82) is 0 Å². The Balaban J connectivity index is 0.000000479. The van der Waals surface area contributed by atoms with E-state index in [2.05, 4.69) is 82.5 Å². The van der Waals surface area contributed by atoms with E-state index in [-0.39, 0.29) is 0 Å². The first-order valence-electron chi connectivity index (χ1n) is 14.6. The molecular weight excluding hydrogens is 530 g/mol. The quantitative estimate of drug-likeness (QED) is 0.208. The van der Waals surface area contributed by atoms with Gasteiger partial charge in [-0.2, -0.15) is 5.10 Å². The van der Waals surface area contributed by atoms with Crippen molar-refractivity contribution in [2.45, 2.75) is 38.1 Å². The Hall–Kier alpha value is -4.27. The number of ether oxygens (including phenoxy) is 1. The van der Waals surface area contributed by atoms with Gasteiger partial charge in [0.05, 0.1) is 26.0 Å². The number of benzene rings is 4. The molecule has 1 atom stereocenters. The van der Waals surface area contributed by atoms with Gasteiger partial charge >= 0.3 is 11.9 Å². The van der Waals surface area contributed by atoms with Crippen LogP contribution in [-0.4, -0.2) is 69.7 Å². The topological polar surface area (TPSA) is 105 Å². The summed E-state index contributed by atoms with van der Waals surface area (Å²) >= 11 is 0. The molecule has 0 spiro atoms. The van der Waals surface area contributed by atoms with E-state index in [0.29, 0.717) is 5.92 Å². The third-order valence-electron chi connectivity index (χ3n) is 8.66. The fourth-order valence-corrected chi connectivity index (χ4v) is 6.53. The minimum atomic E-state index is -1.82. The first kappa shape index (κ1) is 27.9. The molecule has 4 aromatic carbocycles.